The van der Waals surface area contributed by atoms with E-state index in [0.717, 1.165) is 11.9 Å². The molecule has 4 aromatic rings. The Morgan fingerprint density at radius 2 is 1.77 bits per heavy atom. The van der Waals surface area contributed by atoms with Crippen LogP contribution in [-0.2, 0) is 10.0 Å². The number of hydrogen-bond donors (Lipinski definition) is 2. The fourth-order valence-electron chi connectivity index (χ4n) is 2.83. The molecule has 0 fully saturated rings. The van der Waals surface area contributed by atoms with Gasteiger partial charge in [0.1, 0.15) is 5.39 Å². The summed E-state index contributed by atoms with van der Waals surface area (Å²) in [5, 5.41) is 15.0. The Balaban J connectivity index is 1.84. The summed E-state index contributed by atoms with van der Waals surface area (Å²) >= 11 is 0. The van der Waals surface area contributed by atoms with E-state index in [1.807, 2.05) is 6.92 Å². The Labute approximate surface area is 169 Å². The Bertz CT molecular complexity index is 1420. The van der Waals surface area contributed by atoms with Gasteiger partial charge in [-0.05, 0) is 31.2 Å². The summed E-state index contributed by atoms with van der Waals surface area (Å²) in [6.45, 7) is 1.83. The molecule has 2 N–H and O–H groups in total. The molecule has 0 unspecified atom stereocenters. The molecule has 0 aliphatic carbocycles. The van der Waals surface area contributed by atoms with Crippen LogP contribution in [0.15, 0.2) is 64.5 Å². The highest BCUT2D eigenvalue weighted by Crippen LogP contribution is 2.25. The van der Waals surface area contributed by atoms with E-state index in [0.29, 0.717) is 5.69 Å². The number of aromatic amines is 1. The van der Waals surface area contributed by atoms with Crippen LogP contribution >= 0.6 is 0 Å². The first-order chi connectivity index (χ1) is 14.3. The average molecular weight is 426 g/mol. The molecule has 0 radical (unpaired) electrons. The maximum absolute atomic E-state index is 12.8. The molecule has 4 rings (SSSR count). The third-order valence-corrected chi connectivity index (χ3v) is 5.69. The molecular weight excluding hydrogens is 412 g/mol. The number of hydrogen-bond acceptors (Lipinski definition) is 7. The second kappa shape index (κ2) is 7.08. The number of H-pyrrole nitrogens is 1. The third-order valence-electron chi connectivity index (χ3n) is 4.34. The number of nitro groups is 1. The lowest BCUT2D eigenvalue weighted by Gasteiger charge is -2.06. The van der Waals surface area contributed by atoms with E-state index in [2.05, 4.69) is 19.8 Å². The van der Waals surface area contributed by atoms with Crippen molar-refractivity contribution in [3.63, 3.8) is 0 Å². The number of benzene rings is 2. The monoisotopic (exact) mass is 426 g/mol. The minimum absolute atomic E-state index is 0.00598. The second-order valence-corrected chi connectivity index (χ2v) is 8.07. The predicted molar refractivity (Wildman–Crippen MR) is 108 cm³/mol. The summed E-state index contributed by atoms with van der Waals surface area (Å²) in [7, 11) is -4.02. The smallest absolute Gasteiger partial charge is 0.269 e. The minimum atomic E-state index is -4.02. The van der Waals surface area contributed by atoms with Gasteiger partial charge in [0.05, 0.1) is 21.8 Å². The van der Waals surface area contributed by atoms with Crippen molar-refractivity contribution in [2.45, 2.75) is 11.8 Å². The van der Waals surface area contributed by atoms with E-state index in [4.69, 9.17) is 0 Å². The van der Waals surface area contributed by atoms with Gasteiger partial charge in [-0.1, -0.05) is 17.7 Å². The van der Waals surface area contributed by atoms with Crippen molar-refractivity contribution in [3.8, 4) is 5.69 Å². The van der Waals surface area contributed by atoms with Crippen molar-refractivity contribution in [2.24, 2.45) is 0 Å². The predicted octanol–water partition coefficient (Wildman–Crippen LogP) is 2.13. The van der Waals surface area contributed by atoms with Crippen LogP contribution in [-0.4, -0.2) is 33.1 Å². The summed E-state index contributed by atoms with van der Waals surface area (Å²) in [6.07, 6.45) is 1.16. The van der Waals surface area contributed by atoms with Crippen LogP contribution < -0.4 is 10.3 Å². The molecule has 0 saturated heterocycles. The molecule has 11 nitrogen and oxygen atoms in total. The number of nitrogens with one attached hydrogen (secondary N) is 2. The van der Waals surface area contributed by atoms with Gasteiger partial charge in [0.2, 0.25) is 0 Å². The molecule has 0 bridgehead atoms. The minimum Gasteiger partial charge on any atom is -0.312 e. The molecular formula is C18H14N6O5S. The van der Waals surface area contributed by atoms with Gasteiger partial charge in [0, 0.05) is 12.1 Å². The van der Waals surface area contributed by atoms with Crippen LogP contribution in [0.3, 0.4) is 0 Å². The molecule has 12 heteroatoms. The highest BCUT2D eigenvalue weighted by molar-refractivity contribution is 7.92. The van der Waals surface area contributed by atoms with Crippen molar-refractivity contribution < 1.29 is 13.3 Å². The largest absolute Gasteiger partial charge is 0.312 e. The fourth-order valence-corrected chi connectivity index (χ4v) is 3.84. The molecule has 2 aromatic heterocycles. The molecule has 2 aromatic carbocycles. The maximum Gasteiger partial charge on any atom is 0.269 e. The van der Waals surface area contributed by atoms with Gasteiger partial charge in [-0.2, -0.15) is 0 Å². The van der Waals surface area contributed by atoms with Gasteiger partial charge in [0.25, 0.3) is 21.3 Å². The van der Waals surface area contributed by atoms with Crippen LogP contribution in [0.4, 0.5) is 11.5 Å². The zero-order chi connectivity index (χ0) is 21.5. The molecule has 0 atom stereocenters. The summed E-state index contributed by atoms with van der Waals surface area (Å²) in [6, 6.07) is 11.6. The molecule has 152 valence electrons. The molecule has 0 amide bonds. The van der Waals surface area contributed by atoms with Crippen molar-refractivity contribution in [1.82, 2.24) is 19.7 Å². The highest BCUT2D eigenvalue weighted by atomic mass is 32.2. The van der Waals surface area contributed by atoms with Crippen LogP contribution in [0, 0.1) is 17.0 Å². The van der Waals surface area contributed by atoms with Gasteiger partial charge in [-0.25, -0.2) is 18.1 Å². The number of aromatic nitrogens is 4. The average Bonchev–Trinajstić information content (AvgIpc) is 3.07. The quantitative estimate of drug-likeness (QED) is 0.366. The van der Waals surface area contributed by atoms with Crippen molar-refractivity contribution >= 4 is 32.6 Å². The maximum atomic E-state index is 12.8. The first-order valence-electron chi connectivity index (χ1n) is 8.57. The third kappa shape index (κ3) is 3.39. The van der Waals surface area contributed by atoms with E-state index in [1.165, 1.54) is 41.1 Å². The second-order valence-electron chi connectivity index (χ2n) is 6.38. The highest BCUT2D eigenvalue weighted by Gasteiger charge is 2.22. The lowest BCUT2D eigenvalue weighted by atomic mass is 10.2. The first kappa shape index (κ1) is 19.3. The Kier molecular flexibility index (Phi) is 4.54. The van der Waals surface area contributed by atoms with Crippen molar-refractivity contribution in [3.05, 3.63) is 80.9 Å². The SMILES string of the molecule is Cc1ccc(S(=O)(=O)Nc2nn(-c3ccc([N+](=O)[O-])cc3)c3nc[nH]c(=O)c23)cc1. The van der Waals surface area contributed by atoms with Gasteiger partial charge in [-0.15, -0.1) is 5.10 Å². The van der Waals surface area contributed by atoms with E-state index >= 15 is 0 Å². The standard InChI is InChI=1S/C18H14N6O5S/c1-11-2-8-14(9-3-11)30(28,29)22-16-15-17(19-10-20-18(15)25)23(21-16)12-4-6-13(7-5-12)24(26)27/h2-10H,1H3,(H,21,22)(H,19,20,25). The number of sulfonamides is 1. The molecule has 0 spiro atoms. The van der Waals surface area contributed by atoms with E-state index in [1.54, 1.807) is 12.1 Å². The Hall–Kier alpha value is -4.06. The van der Waals surface area contributed by atoms with E-state index in [9.17, 15) is 23.3 Å². The number of anilines is 1. The van der Waals surface area contributed by atoms with Crippen molar-refractivity contribution in [2.75, 3.05) is 4.72 Å². The number of nitrogens with zero attached hydrogens (tertiary/aromatic N) is 4. The lowest BCUT2D eigenvalue weighted by Crippen LogP contribution is -2.15. The molecule has 30 heavy (non-hydrogen) atoms. The van der Waals surface area contributed by atoms with Crippen LogP contribution in [0.5, 0.6) is 0 Å². The molecule has 0 aliphatic rings. The number of rotatable bonds is 5. The van der Waals surface area contributed by atoms with E-state index in [-0.39, 0.29) is 27.4 Å². The summed E-state index contributed by atoms with van der Waals surface area (Å²) < 4.78 is 29.1. The normalized spacial score (nSPS) is 11.5. The summed E-state index contributed by atoms with van der Waals surface area (Å²) in [4.78, 5) is 29.2. The van der Waals surface area contributed by atoms with E-state index < -0.39 is 20.5 Å². The van der Waals surface area contributed by atoms with Gasteiger partial charge < -0.3 is 4.98 Å². The van der Waals surface area contributed by atoms with Crippen molar-refractivity contribution in [1.29, 1.82) is 0 Å². The summed E-state index contributed by atoms with van der Waals surface area (Å²) in [5.41, 5.74) is 0.636. The fraction of sp³-hybridized carbons (Fsp3) is 0.0556. The van der Waals surface area contributed by atoms with Gasteiger partial charge in [0.15, 0.2) is 11.5 Å². The zero-order valence-corrected chi connectivity index (χ0v) is 16.3. The van der Waals surface area contributed by atoms with Crippen LogP contribution in [0.1, 0.15) is 5.56 Å². The van der Waals surface area contributed by atoms with Crippen LogP contribution in [0.25, 0.3) is 16.7 Å². The summed E-state index contributed by atoms with van der Waals surface area (Å²) in [5.74, 6) is -0.210. The molecule has 0 aliphatic heterocycles. The zero-order valence-electron chi connectivity index (χ0n) is 15.4. The Morgan fingerprint density at radius 1 is 1.10 bits per heavy atom. The Morgan fingerprint density at radius 3 is 2.40 bits per heavy atom. The topological polar surface area (TPSA) is 153 Å². The van der Waals surface area contributed by atoms with Gasteiger partial charge in [-0.3, -0.25) is 19.6 Å². The number of aryl methyl sites for hydroxylation is 1. The number of nitro benzene ring substituents is 1. The number of non-ortho nitro benzene ring substituents is 1. The first-order valence-corrected chi connectivity index (χ1v) is 10.1. The number of fused-ring (bicyclic) bond motifs is 1. The molecule has 2 heterocycles. The molecule has 0 saturated carbocycles. The van der Waals surface area contributed by atoms with Gasteiger partial charge >= 0.3 is 0 Å². The van der Waals surface area contributed by atoms with Crippen LogP contribution in [0.2, 0.25) is 0 Å². The lowest BCUT2D eigenvalue weighted by molar-refractivity contribution is -0.384.